The second kappa shape index (κ2) is 5.01. The molecule has 0 heterocycles. The molecule has 1 aliphatic carbocycles. The fourth-order valence-corrected chi connectivity index (χ4v) is 4.18. The minimum absolute atomic E-state index is 0.0150. The Bertz CT molecular complexity index is 273. The van der Waals surface area contributed by atoms with Crippen LogP contribution in [0.3, 0.4) is 0 Å². The Morgan fingerprint density at radius 3 is 2.14 bits per heavy atom. The van der Waals surface area contributed by atoms with Crippen LogP contribution in [0.2, 0.25) is 0 Å². The van der Waals surface area contributed by atoms with Gasteiger partial charge in [0.2, 0.25) is 0 Å². The van der Waals surface area contributed by atoms with Crippen molar-refractivity contribution in [1.82, 2.24) is 4.31 Å². The zero-order valence-electron chi connectivity index (χ0n) is 8.12. The first-order valence-electron chi connectivity index (χ1n) is 4.80. The molecular formula is C8H15Cl2NO2S. The third-order valence-electron chi connectivity index (χ3n) is 2.54. The summed E-state index contributed by atoms with van der Waals surface area (Å²) in [6.45, 7) is 1.64. The molecule has 84 valence electrons. The Kier molecular flexibility index (Phi) is 4.50. The number of halogens is 2. The monoisotopic (exact) mass is 259 g/mol. The van der Waals surface area contributed by atoms with Crippen molar-refractivity contribution in [2.75, 3.05) is 0 Å². The van der Waals surface area contributed by atoms with Crippen LogP contribution in [-0.4, -0.2) is 24.3 Å². The topological polar surface area (TPSA) is 37.4 Å². The maximum absolute atomic E-state index is 11.3. The molecule has 0 aliphatic heterocycles. The van der Waals surface area contributed by atoms with Gasteiger partial charge < -0.3 is 0 Å². The van der Waals surface area contributed by atoms with Gasteiger partial charge in [0.15, 0.2) is 0 Å². The SMILES string of the molecule is CC(Cl)N(C1CCCCC1)S(=O)(=O)Cl. The van der Waals surface area contributed by atoms with Crippen LogP contribution in [0.25, 0.3) is 0 Å². The standard InChI is InChI=1S/C8H15Cl2NO2S/c1-7(9)11(14(10,12)13)8-5-3-2-4-6-8/h7-8H,2-6H2,1H3. The highest BCUT2D eigenvalue weighted by Gasteiger charge is 2.32. The van der Waals surface area contributed by atoms with E-state index in [1.165, 1.54) is 10.7 Å². The second-order valence-corrected chi connectivity index (χ2v) is 6.69. The van der Waals surface area contributed by atoms with Crippen LogP contribution in [0.4, 0.5) is 0 Å². The molecule has 0 N–H and O–H groups in total. The van der Waals surface area contributed by atoms with E-state index in [-0.39, 0.29) is 6.04 Å². The Balaban J connectivity index is 2.76. The lowest BCUT2D eigenvalue weighted by atomic mass is 9.95. The van der Waals surface area contributed by atoms with Crippen molar-refractivity contribution in [3.63, 3.8) is 0 Å². The quantitative estimate of drug-likeness (QED) is 0.444. The van der Waals surface area contributed by atoms with Gasteiger partial charge in [-0.3, -0.25) is 0 Å². The predicted octanol–water partition coefficient (Wildman–Crippen LogP) is 2.69. The molecule has 1 rings (SSSR count). The van der Waals surface area contributed by atoms with Crippen LogP contribution in [0.5, 0.6) is 0 Å². The molecule has 0 saturated heterocycles. The molecule has 1 saturated carbocycles. The molecule has 1 atom stereocenters. The van der Waals surface area contributed by atoms with Gasteiger partial charge in [-0.2, -0.15) is 12.7 Å². The molecule has 1 aliphatic rings. The van der Waals surface area contributed by atoms with Gasteiger partial charge in [-0.05, 0) is 19.8 Å². The van der Waals surface area contributed by atoms with E-state index < -0.39 is 14.7 Å². The summed E-state index contributed by atoms with van der Waals surface area (Å²) in [5.41, 5.74) is -0.569. The Labute approximate surface area is 94.9 Å². The first-order valence-corrected chi connectivity index (χ1v) is 7.50. The fraction of sp³-hybridized carbons (Fsp3) is 1.00. The van der Waals surface area contributed by atoms with Crippen molar-refractivity contribution >= 4 is 31.5 Å². The van der Waals surface area contributed by atoms with Gasteiger partial charge >= 0.3 is 9.24 Å². The van der Waals surface area contributed by atoms with E-state index in [2.05, 4.69) is 0 Å². The molecule has 0 bridgehead atoms. The number of rotatable bonds is 3. The summed E-state index contributed by atoms with van der Waals surface area (Å²) >= 11 is 5.82. The van der Waals surface area contributed by atoms with E-state index in [1.54, 1.807) is 6.92 Å². The zero-order valence-corrected chi connectivity index (χ0v) is 10.4. The summed E-state index contributed by atoms with van der Waals surface area (Å²) in [5.74, 6) is 0. The summed E-state index contributed by atoms with van der Waals surface area (Å²) in [7, 11) is 1.65. The lowest BCUT2D eigenvalue weighted by Crippen LogP contribution is -2.42. The summed E-state index contributed by atoms with van der Waals surface area (Å²) in [6, 6.07) is -0.0150. The largest absolute Gasteiger partial charge is 0.301 e. The van der Waals surface area contributed by atoms with E-state index in [0.717, 1.165) is 25.7 Å². The van der Waals surface area contributed by atoms with Crippen molar-refractivity contribution in [3.05, 3.63) is 0 Å². The molecule has 14 heavy (non-hydrogen) atoms. The molecule has 0 amide bonds. The highest BCUT2D eigenvalue weighted by molar-refractivity contribution is 8.11. The molecular weight excluding hydrogens is 245 g/mol. The number of alkyl halides is 1. The average molecular weight is 260 g/mol. The zero-order chi connectivity index (χ0) is 10.8. The number of hydrogen-bond acceptors (Lipinski definition) is 2. The fourth-order valence-electron chi connectivity index (χ4n) is 1.98. The highest BCUT2D eigenvalue weighted by Crippen LogP contribution is 2.28. The third-order valence-corrected chi connectivity index (χ3v) is 4.46. The van der Waals surface area contributed by atoms with Gasteiger partial charge in [0.25, 0.3) is 0 Å². The van der Waals surface area contributed by atoms with E-state index >= 15 is 0 Å². The molecule has 1 fully saturated rings. The van der Waals surface area contributed by atoms with Crippen molar-refractivity contribution in [2.24, 2.45) is 0 Å². The molecule has 0 aromatic heterocycles. The minimum atomic E-state index is -3.69. The van der Waals surface area contributed by atoms with Crippen LogP contribution in [0, 0.1) is 0 Å². The molecule has 1 unspecified atom stereocenters. The van der Waals surface area contributed by atoms with Crippen molar-refractivity contribution in [1.29, 1.82) is 0 Å². The van der Waals surface area contributed by atoms with Crippen molar-refractivity contribution in [3.8, 4) is 0 Å². The van der Waals surface area contributed by atoms with Crippen LogP contribution in [0.15, 0.2) is 0 Å². The summed E-state index contributed by atoms with van der Waals surface area (Å²) in [6.07, 6.45) is 5.00. The predicted molar refractivity (Wildman–Crippen MR) is 58.8 cm³/mol. The van der Waals surface area contributed by atoms with Crippen LogP contribution in [-0.2, 0) is 9.24 Å². The normalized spacial score (nSPS) is 22.6. The van der Waals surface area contributed by atoms with Gasteiger partial charge in [-0.25, -0.2) is 0 Å². The van der Waals surface area contributed by atoms with E-state index in [4.69, 9.17) is 22.3 Å². The van der Waals surface area contributed by atoms with Gasteiger partial charge in [0, 0.05) is 16.7 Å². The van der Waals surface area contributed by atoms with Crippen molar-refractivity contribution in [2.45, 2.75) is 50.6 Å². The van der Waals surface area contributed by atoms with Gasteiger partial charge in [0.05, 0.1) is 5.50 Å². The average Bonchev–Trinajstić information content (AvgIpc) is 2.02. The summed E-state index contributed by atoms with van der Waals surface area (Å²) in [5, 5.41) is 0. The lowest BCUT2D eigenvalue weighted by molar-refractivity contribution is 0.250. The molecule has 0 aromatic rings. The number of hydrogen-bond donors (Lipinski definition) is 0. The first-order chi connectivity index (χ1) is 6.43. The lowest BCUT2D eigenvalue weighted by Gasteiger charge is -2.32. The van der Waals surface area contributed by atoms with Gasteiger partial charge in [-0.15, -0.1) is 11.6 Å². The summed E-state index contributed by atoms with van der Waals surface area (Å²) < 4.78 is 23.8. The third kappa shape index (κ3) is 3.26. The number of nitrogens with zero attached hydrogens (tertiary/aromatic N) is 1. The Morgan fingerprint density at radius 1 is 1.29 bits per heavy atom. The minimum Gasteiger partial charge on any atom is -0.195 e. The van der Waals surface area contributed by atoms with E-state index in [1.807, 2.05) is 0 Å². The maximum Gasteiger partial charge on any atom is 0.301 e. The van der Waals surface area contributed by atoms with E-state index in [0.29, 0.717) is 0 Å². The highest BCUT2D eigenvalue weighted by atomic mass is 35.7. The van der Waals surface area contributed by atoms with Crippen molar-refractivity contribution < 1.29 is 8.42 Å². The second-order valence-electron chi connectivity index (χ2n) is 3.64. The Morgan fingerprint density at radius 2 is 1.79 bits per heavy atom. The molecule has 3 nitrogen and oxygen atoms in total. The molecule has 0 spiro atoms. The Hall–Kier alpha value is 0.490. The van der Waals surface area contributed by atoms with E-state index in [9.17, 15) is 8.42 Å². The summed E-state index contributed by atoms with van der Waals surface area (Å²) in [4.78, 5) is 0. The van der Waals surface area contributed by atoms with Crippen LogP contribution in [0.1, 0.15) is 39.0 Å². The van der Waals surface area contributed by atoms with Crippen LogP contribution < -0.4 is 0 Å². The maximum atomic E-state index is 11.3. The molecule has 0 aromatic carbocycles. The smallest absolute Gasteiger partial charge is 0.195 e. The molecule has 0 radical (unpaired) electrons. The van der Waals surface area contributed by atoms with Gasteiger partial charge in [-0.1, -0.05) is 19.3 Å². The first kappa shape index (κ1) is 12.6. The van der Waals surface area contributed by atoms with Crippen LogP contribution >= 0.6 is 22.3 Å². The molecule has 6 heteroatoms. The van der Waals surface area contributed by atoms with Gasteiger partial charge in [0.1, 0.15) is 0 Å².